The molecule has 0 amide bonds. The highest BCUT2D eigenvalue weighted by atomic mass is 16.3. The molecule has 2 nitrogen and oxygen atoms in total. The summed E-state index contributed by atoms with van der Waals surface area (Å²) in [6.45, 7) is 0. The summed E-state index contributed by atoms with van der Waals surface area (Å²) in [4.78, 5) is 2.41. The van der Waals surface area contributed by atoms with Crippen LogP contribution in [0, 0.1) is 0 Å². The van der Waals surface area contributed by atoms with Gasteiger partial charge in [-0.25, -0.2) is 0 Å². The van der Waals surface area contributed by atoms with Crippen molar-refractivity contribution in [2.24, 2.45) is 0 Å². The normalized spacial score (nSPS) is 11.5. The van der Waals surface area contributed by atoms with Gasteiger partial charge in [0.1, 0.15) is 11.2 Å². The van der Waals surface area contributed by atoms with E-state index < -0.39 is 0 Å². The fraction of sp³-hybridized carbons (Fsp3) is 0. The standard InChI is InChI=1S/C60H39NO/c1-2-14-40(15-3-1)49-23-10-17-44-18-11-26-55(59(44)49)53-20-6-8-28-57(53)61(46-37-32-43(33-38-46)50-24-13-27-56-54-21-7-9-29-58(54)62-60(50)56)45-35-30-42(31-36-45)48-22-12-25-51-47-19-5-4-16-41(47)34-39-52(48)51/h1-39H. The van der Waals surface area contributed by atoms with Gasteiger partial charge in [-0.1, -0.05) is 200 Å². The maximum Gasteiger partial charge on any atom is 0.143 e. The van der Waals surface area contributed by atoms with Crippen LogP contribution in [-0.2, 0) is 0 Å². The van der Waals surface area contributed by atoms with Crippen molar-refractivity contribution in [3.63, 3.8) is 0 Å². The van der Waals surface area contributed by atoms with Gasteiger partial charge in [0.25, 0.3) is 0 Å². The van der Waals surface area contributed by atoms with Gasteiger partial charge in [-0.15, -0.1) is 0 Å². The van der Waals surface area contributed by atoms with Crippen molar-refractivity contribution in [2.45, 2.75) is 0 Å². The highest BCUT2D eigenvalue weighted by Crippen LogP contribution is 2.46. The van der Waals surface area contributed by atoms with E-state index in [-0.39, 0.29) is 0 Å². The molecule has 0 unspecified atom stereocenters. The fourth-order valence-electron chi connectivity index (χ4n) is 9.59. The first-order valence-corrected chi connectivity index (χ1v) is 21.3. The van der Waals surface area contributed by atoms with E-state index in [9.17, 15) is 0 Å². The van der Waals surface area contributed by atoms with Crippen molar-refractivity contribution in [3.05, 3.63) is 237 Å². The molecule has 0 atom stereocenters. The molecule has 1 aromatic heterocycles. The molecule has 12 aromatic rings. The topological polar surface area (TPSA) is 16.4 Å². The summed E-state index contributed by atoms with van der Waals surface area (Å²) in [6.07, 6.45) is 0. The summed E-state index contributed by atoms with van der Waals surface area (Å²) in [5, 5.41) is 9.75. The van der Waals surface area contributed by atoms with Crippen molar-refractivity contribution in [3.8, 4) is 44.5 Å². The van der Waals surface area contributed by atoms with Crippen molar-refractivity contribution in [1.29, 1.82) is 0 Å². The minimum atomic E-state index is 0.901. The van der Waals surface area contributed by atoms with Gasteiger partial charge in [-0.2, -0.15) is 0 Å². The van der Waals surface area contributed by atoms with E-state index in [0.717, 1.165) is 55.7 Å². The number of hydrogen-bond donors (Lipinski definition) is 0. The van der Waals surface area contributed by atoms with Gasteiger partial charge in [0.2, 0.25) is 0 Å². The van der Waals surface area contributed by atoms with Gasteiger partial charge < -0.3 is 9.32 Å². The molecule has 11 aromatic carbocycles. The van der Waals surface area contributed by atoms with Crippen LogP contribution in [0.4, 0.5) is 17.1 Å². The fourth-order valence-corrected chi connectivity index (χ4v) is 9.59. The number of benzene rings is 11. The van der Waals surface area contributed by atoms with E-state index in [1.54, 1.807) is 0 Å². The van der Waals surface area contributed by atoms with Crippen LogP contribution < -0.4 is 4.90 Å². The Morgan fingerprint density at radius 2 is 0.806 bits per heavy atom. The summed E-state index contributed by atoms with van der Waals surface area (Å²) in [7, 11) is 0. The Bertz CT molecular complexity index is 3610. The van der Waals surface area contributed by atoms with E-state index in [2.05, 4.69) is 229 Å². The molecule has 62 heavy (non-hydrogen) atoms. The monoisotopic (exact) mass is 789 g/mol. The molecule has 0 N–H and O–H groups in total. The Labute approximate surface area is 360 Å². The third kappa shape index (κ3) is 5.96. The smallest absolute Gasteiger partial charge is 0.143 e. The van der Waals surface area contributed by atoms with Crippen LogP contribution in [0.15, 0.2) is 241 Å². The van der Waals surface area contributed by atoms with E-state index >= 15 is 0 Å². The van der Waals surface area contributed by atoms with Crippen LogP contribution in [0.1, 0.15) is 0 Å². The number of hydrogen-bond acceptors (Lipinski definition) is 2. The maximum atomic E-state index is 6.48. The first kappa shape index (κ1) is 35.7. The van der Waals surface area contributed by atoms with Gasteiger partial charge in [-0.05, 0) is 102 Å². The van der Waals surface area contributed by atoms with Crippen LogP contribution in [0.3, 0.4) is 0 Å². The molecule has 290 valence electrons. The van der Waals surface area contributed by atoms with Crippen LogP contribution >= 0.6 is 0 Å². The van der Waals surface area contributed by atoms with Gasteiger partial charge in [0.15, 0.2) is 0 Å². The lowest BCUT2D eigenvalue weighted by Crippen LogP contribution is -2.11. The van der Waals surface area contributed by atoms with Crippen LogP contribution in [-0.4, -0.2) is 0 Å². The van der Waals surface area contributed by atoms with Crippen molar-refractivity contribution in [2.75, 3.05) is 4.90 Å². The zero-order chi connectivity index (χ0) is 41.0. The second-order valence-corrected chi connectivity index (χ2v) is 16.0. The first-order chi connectivity index (χ1) is 30.8. The second-order valence-electron chi connectivity index (χ2n) is 16.0. The zero-order valence-electron chi connectivity index (χ0n) is 33.9. The molecule has 0 bridgehead atoms. The molecule has 0 aliphatic heterocycles. The predicted octanol–water partition coefficient (Wildman–Crippen LogP) is 17.2. The van der Waals surface area contributed by atoms with Crippen molar-refractivity contribution in [1.82, 2.24) is 0 Å². The molecule has 12 rings (SSSR count). The van der Waals surface area contributed by atoms with E-state index in [0.29, 0.717) is 0 Å². The summed E-state index contributed by atoms with van der Waals surface area (Å²) in [5.41, 5.74) is 14.4. The van der Waals surface area contributed by atoms with E-state index in [1.807, 2.05) is 12.1 Å². The lowest BCUT2D eigenvalue weighted by Gasteiger charge is -2.29. The molecule has 0 saturated carbocycles. The molecule has 0 aliphatic rings. The molecule has 0 saturated heterocycles. The Balaban J connectivity index is 1.03. The number of rotatable bonds is 7. The molecule has 0 fully saturated rings. The number of para-hydroxylation sites is 3. The van der Waals surface area contributed by atoms with Crippen LogP contribution in [0.5, 0.6) is 0 Å². The lowest BCUT2D eigenvalue weighted by atomic mass is 9.90. The third-order valence-electron chi connectivity index (χ3n) is 12.5. The summed E-state index contributed by atoms with van der Waals surface area (Å²) in [6, 6.07) is 85.5. The van der Waals surface area contributed by atoms with E-state index in [1.165, 1.54) is 60.1 Å². The Kier molecular flexibility index (Phi) is 8.53. The largest absolute Gasteiger partial charge is 0.455 e. The molecule has 2 heteroatoms. The molecular formula is C60H39NO. The minimum Gasteiger partial charge on any atom is -0.455 e. The summed E-state index contributed by atoms with van der Waals surface area (Å²) in [5.74, 6) is 0. The molecule has 0 radical (unpaired) electrons. The van der Waals surface area contributed by atoms with Gasteiger partial charge >= 0.3 is 0 Å². The van der Waals surface area contributed by atoms with Gasteiger partial charge in [0.05, 0.1) is 5.69 Å². The maximum absolute atomic E-state index is 6.48. The van der Waals surface area contributed by atoms with Gasteiger partial charge in [0, 0.05) is 33.3 Å². The Morgan fingerprint density at radius 3 is 1.60 bits per heavy atom. The van der Waals surface area contributed by atoms with Crippen molar-refractivity contribution < 1.29 is 4.42 Å². The highest BCUT2D eigenvalue weighted by molar-refractivity contribution is 6.13. The second kappa shape index (κ2) is 14.8. The quantitative estimate of drug-likeness (QED) is 0.150. The first-order valence-electron chi connectivity index (χ1n) is 21.3. The molecular weight excluding hydrogens is 751 g/mol. The van der Waals surface area contributed by atoms with Crippen molar-refractivity contribution >= 4 is 71.3 Å². The summed E-state index contributed by atoms with van der Waals surface area (Å²) >= 11 is 0. The number of anilines is 3. The highest BCUT2D eigenvalue weighted by Gasteiger charge is 2.21. The summed E-state index contributed by atoms with van der Waals surface area (Å²) < 4.78 is 6.48. The predicted molar refractivity (Wildman–Crippen MR) is 263 cm³/mol. The average molecular weight is 790 g/mol. The molecule has 0 spiro atoms. The lowest BCUT2D eigenvalue weighted by molar-refractivity contribution is 0.670. The van der Waals surface area contributed by atoms with Gasteiger partial charge in [-0.3, -0.25) is 0 Å². The average Bonchev–Trinajstić information content (AvgIpc) is 3.74. The van der Waals surface area contributed by atoms with E-state index in [4.69, 9.17) is 4.42 Å². The van der Waals surface area contributed by atoms with Crippen LogP contribution in [0.25, 0.3) is 98.8 Å². The van der Waals surface area contributed by atoms with Crippen LogP contribution in [0.2, 0.25) is 0 Å². The SMILES string of the molecule is c1ccc(-c2cccc3cccc(-c4ccccc4N(c4ccc(-c5cccc6c5ccc5ccccc56)cc4)c4ccc(-c5cccc6c5oc5ccccc56)cc4)c23)cc1. The Morgan fingerprint density at radius 1 is 0.274 bits per heavy atom. The number of nitrogens with zero attached hydrogens (tertiary/aromatic N) is 1. The Hall–Kier alpha value is -8.20. The number of fused-ring (bicyclic) bond motifs is 7. The number of furan rings is 1. The molecule has 1 heterocycles. The minimum absolute atomic E-state index is 0.901. The zero-order valence-corrected chi connectivity index (χ0v) is 33.9. The third-order valence-corrected chi connectivity index (χ3v) is 12.5. The molecule has 0 aliphatic carbocycles.